The molecule has 0 atom stereocenters. The van der Waals surface area contributed by atoms with Crippen molar-refractivity contribution in [3.05, 3.63) is 58.1 Å². The van der Waals surface area contributed by atoms with Crippen LogP contribution in [0.2, 0.25) is 0 Å². The molecule has 0 aromatic heterocycles. The summed E-state index contributed by atoms with van der Waals surface area (Å²) in [6.45, 7) is -0.469. The molecule has 2 rings (SSSR count). The summed E-state index contributed by atoms with van der Waals surface area (Å²) in [5.74, 6) is -1.16. The highest BCUT2D eigenvalue weighted by atomic mass is 16.6. The average molecular weight is 289 g/mol. The predicted octanol–water partition coefficient (Wildman–Crippen LogP) is 2.27. The van der Waals surface area contributed by atoms with Crippen molar-refractivity contribution in [3.8, 4) is 17.2 Å². The Bertz CT molecular complexity index is 698. The molecule has 0 saturated heterocycles. The van der Waals surface area contributed by atoms with Crippen molar-refractivity contribution >= 4 is 11.5 Å². The van der Waals surface area contributed by atoms with Gasteiger partial charge >= 0.3 is 5.69 Å². The van der Waals surface area contributed by atoms with Crippen LogP contribution in [0, 0.1) is 10.1 Å². The summed E-state index contributed by atoms with van der Waals surface area (Å²) >= 11 is 0. The maximum atomic E-state index is 11.9. The summed E-state index contributed by atoms with van der Waals surface area (Å²) in [7, 11) is 0. The summed E-state index contributed by atoms with van der Waals surface area (Å²) in [5, 5.41) is 29.5. The summed E-state index contributed by atoms with van der Waals surface area (Å²) in [5.41, 5.74) is -0.286. The lowest BCUT2D eigenvalue weighted by atomic mass is 10.1. The minimum absolute atomic E-state index is 0.0332. The number of hydrogen-bond acceptors (Lipinski definition) is 6. The van der Waals surface area contributed by atoms with Gasteiger partial charge in [-0.1, -0.05) is 12.1 Å². The molecule has 2 aromatic rings. The second kappa shape index (κ2) is 5.91. The SMILES string of the molecule is O=C(COc1ccccc1[N+](=O)[O-])c1ccc(O)cc1O. The van der Waals surface area contributed by atoms with Crippen molar-refractivity contribution in [2.75, 3.05) is 6.61 Å². The molecule has 0 spiro atoms. The highest BCUT2D eigenvalue weighted by Crippen LogP contribution is 2.27. The van der Waals surface area contributed by atoms with E-state index in [0.717, 1.165) is 6.07 Å². The van der Waals surface area contributed by atoms with Gasteiger partial charge in [0.05, 0.1) is 10.5 Å². The fourth-order valence-electron chi connectivity index (χ4n) is 1.71. The van der Waals surface area contributed by atoms with Gasteiger partial charge in [0, 0.05) is 12.1 Å². The average Bonchev–Trinajstić information content (AvgIpc) is 2.45. The highest BCUT2D eigenvalue weighted by Gasteiger charge is 2.17. The van der Waals surface area contributed by atoms with Crippen LogP contribution in [-0.2, 0) is 0 Å². The number of nitro groups is 1. The number of hydrogen-bond donors (Lipinski definition) is 2. The van der Waals surface area contributed by atoms with E-state index in [4.69, 9.17) is 9.84 Å². The van der Waals surface area contributed by atoms with Gasteiger partial charge in [-0.15, -0.1) is 0 Å². The van der Waals surface area contributed by atoms with Crippen molar-refractivity contribution < 1.29 is 24.7 Å². The number of Topliss-reactive ketones (excluding diaryl/α,β-unsaturated/α-hetero) is 1. The minimum Gasteiger partial charge on any atom is -0.508 e. The number of para-hydroxylation sites is 2. The van der Waals surface area contributed by atoms with Crippen molar-refractivity contribution in [2.45, 2.75) is 0 Å². The molecule has 108 valence electrons. The maximum absolute atomic E-state index is 11.9. The topological polar surface area (TPSA) is 110 Å². The predicted molar refractivity (Wildman–Crippen MR) is 72.7 cm³/mol. The first-order valence-corrected chi connectivity index (χ1v) is 5.90. The Balaban J connectivity index is 2.13. The van der Waals surface area contributed by atoms with E-state index < -0.39 is 17.3 Å². The Kier molecular flexibility index (Phi) is 4.03. The van der Waals surface area contributed by atoms with Crippen LogP contribution in [-0.4, -0.2) is 27.5 Å². The van der Waals surface area contributed by atoms with Crippen LogP contribution in [0.25, 0.3) is 0 Å². The zero-order valence-electron chi connectivity index (χ0n) is 10.7. The van der Waals surface area contributed by atoms with Crippen LogP contribution in [0.3, 0.4) is 0 Å². The molecule has 0 heterocycles. The molecule has 0 saturated carbocycles. The van der Waals surface area contributed by atoms with Gasteiger partial charge < -0.3 is 14.9 Å². The molecular formula is C14H11NO6. The van der Waals surface area contributed by atoms with Crippen molar-refractivity contribution in [3.63, 3.8) is 0 Å². The second-order valence-corrected chi connectivity index (χ2v) is 4.14. The third-order valence-corrected chi connectivity index (χ3v) is 2.70. The Morgan fingerprint density at radius 3 is 2.57 bits per heavy atom. The monoisotopic (exact) mass is 289 g/mol. The Morgan fingerprint density at radius 2 is 1.90 bits per heavy atom. The third-order valence-electron chi connectivity index (χ3n) is 2.70. The van der Waals surface area contributed by atoms with Crippen LogP contribution < -0.4 is 4.74 Å². The molecule has 0 amide bonds. The molecule has 0 aliphatic heterocycles. The molecule has 0 unspecified atom stereocenters. The van der Waals surface area contributed by atoms with E-state index in [1.54, 1.807) is 6.07 Å². The molecular weight excluding hydrogens is 278 g/mol. The number of ether oxygens (including phenoxy) is 1. The van der Waals surface area contributed by atoms with Crippen LogP contribution in [0.5, 0.6) is 17.2 Å². The van der Waals surface area contributed by atoms with E-state index in [9.17, 15) is 20.0 Å². The molecule has 21 heavy (non-hydrogen) atoms. The van der Waals surface area contributed by atoms with E-state index in [-0.39, 0.29) is 28.5 Å². The van der Waals surface area contributed by atoms with Gasteiger partial charge in [0.2, 0.25) is 5.78 Å². The maximum Gasteiger partial charge on any atom is 0.310 e. The number of benzene rings is 2. The normalized spacial score (nSPS) is 10.1. The van der Waals surface area contributed by atoms with Gasteiger partial charge in [-0.25, -0.2) is 0 Å². The lowest BCUT2D eigenvalue weighted by Crippen LogP contribution is -2.12. The first-order valence-electron chi connectivity index (χ1n) is 5.90. The van der Waals surface area contributed by atoms with Crippen LogP contribution in [0.4, 0.5) is 5.69 Å². The number of ketones is 1. The molecule has 0 bridgehead atoms. The molecule has 7 nitrogen and oxygen atoms in total. The Morgan fingerprint density at radius 1 is 1.19 bits per heavy atom. The molecule has 0 fully saturated rings. The summed E-state index contributed by atoms with van der Waals surface area (Å²) < 4.78 is 5.14. The molecule has 0 radical (unpaired) electrons. The molecule has 2 N–H and O–H groups in total. The van der Waals surface area contributed by atoms with Gasteiger partial charge in [-0.2, -0.15) is 0 Å². The van der Waals surface area contributed by atoms with E-state index in [0.29, 0.717) is 0 Å². The van der Waals surface area contributed by atoms with Crippen molar-refractivity contribution in [2.24, 2.45) is 0 Å². The highest BCUT2D eigenvalue weighted by molar-refractivity contribution is 5.99. The first-order chi connectivity index (χ1) is 9.99. The number of carbonyl (C=O) groups excluding carboxylic acids is 1. The van der Waals surface area contributed by atoms with Gasteiger partial charge in [0.25, 0.3) is 0 Å². The fraction of sp³-hybridized carbons (Fsp3) is 0.0714. The number of phenolic OH excluding ortho intramolecular Hbond substituents is 2. The van der Waals surface area contributed by atoms with Crippen LogP contribution >= 0.6 is 0 Å². The van der Waals surface area contributed by atoms with Crippen molar-refractivity contribution in [1.29, 1.82) is 0 Å². The number of aromatic hydroxyl groups is 2. The zero-order chi connectivity index (χ0) is 15.4. The van der Waals surface area contributed by atoms with Crippen molar-refractivity contribution in [1.82, 2.24) is 0 Å². The van der Waals surface area contributed by atoms with E-state index in [2.05, 4.69) is 0 Å². The van der Waals surface area contributed by atoms with Gasteiger partial charge in [0.15, 0.2) is 12.4 Å². The van der Waals surface area contributed by atoms with Gasteiger partial charge in [-0.05, 0) is 18.2 Å². The Hall–Kier alpha value is -3.09. The van der Waals surface area contributed by atoms with E-state index in [1.165, 1.54) is 30.3 Å². The summed E-state index contributed by atoms with van der Waals surface area (Å²) in [4.78, 5) is 22.1. The van der Waals surface area contributed by atoms with E-state index >= 15 is 0 Å². The fourth-order valence-corrected chi connectivity index (χ4v) is 1.71. The molecule has 2 aromatic carbocycles. The number of nitro benzene ring substituents is 1. The van der Waals surface area contributed by atoms with Crippen LogP contribution in [0.15, 0.2) is 42.5 Å². The van der Waals surface area contributed by atoms with Crippen LogP contribution in [0.1, 0.15) is 10.4 Å². The number of rotatable bonds is 5. The summed E-state index contributed by atoms with van der Waals surface area (Å²) in [6.07, 6.45) is 0. The van der Waals surface area contributed by atoms with Gasteiger partial charge in [0.1, 0.15) is 11.5 Å². The lowest BCUT2D eigenvalue weighted by molar-refractivity contribution is -0.385. The number of carbonyl (C=O) groups is 1. The molecule has 0 aliphatic carbocycles. The lowest BCUT2D eigenvalue weighted by Gasteiger charge is -2.07. The second-order valence-electron chi connectivity index (χ2n) is 4.14. The number of phenols is 2. The largest absolute Gasteiger partial charge is 0.508 e. The smallest absolute Gasteiger partial charge is 0.310 e. The van der Waals surface area contributed by atoms with E-state index in [1.807, 2.05) is 0 Å². The third kappa shape index (κ3) is 3.27. The minimum atomic E-state index is -0.613. The quantitative estimate of drug-likeness (QED) is 0.496. The molecule has 7 heteroatoms. The number of nitrogens with zero attached hydrogens (tertiary/aromatic N) is 1. The molecule has 0 aliphatic rings. The zero-order valence-corrected chi connectivity index (χ0v) is 10.7. The Labute approximate surface area is 119 Å². The first kappa shape index (κ1) is 14.3. The van der Waals surface area contributed by atoms with Gasteiger partial charge in [-0.3, -0.25) is 14.9 Å². The summed E-state index contributed by atoms with van der Waals surface area (Å²) in [6, 6.07) is 9.19. The standard InChI is InChI=1S/C14H11NO6/c16-9-5-6-10(12(17)7-9)13(18)8-21-14-4-2-1-3-11(14)15(19)20/h1-7,16-17H,8H2.